The molecule has 2 rings (SSSR count). The lowest BCUT2D eigenvalue weighted by Crippen LogP contribution is -2.22. The van der Waals surface area contributed by atoms with Gasteiger partial charge < -0.3 is 14.6 Å². The molecule has 0 aliphatic carbocycles. The van der Waals surface area contributed by atoms with Gasteiger partial charge in [0.25, 0.3) is 5.78 Å². The summed E-state index contributed by atoms with van der Waals surface area (Å²) in [5, 5.41) is 9.80. The fourth-order valence-electron chi connectivity index (χ4n) is 1.90. The van der Waals surface area contributed by atoms with E-state index in [1.165, 1.54) is 12.1 Å². The Morgan fingerprint density at radius 2 is 1.38 bits per heavy atom. The van der Waals surface area contributed by atoms with Crippen molar-refractivity contribution >= 4 is 17.7 Å². The van der Waals surface area contributed by atoms with Gasteiger partial charge in [0.1, 0.15) is 13.2 Å². The van der Waals surface area contributed by atoms with Crippen LogP contribution in [0.15, 0.2) is 60.7 Å². The van der Waals surface area contributed by atoms with Crippen LogP contribution >= 0.6 is 0 Å². The molecule has 0 saturated heterocycles. The van der Waals surface area contributed by atoms with Gasteiger partial charge in [-0.15, -0.1) is 0 Å². The van der Waals surface area contributed by atoms with Crippen LogP contribution in [0.2, 0.25) is 0 Å². The van der Waals surface area contributed by atoms with E-state index >= 15 is 0 Å². The molecule has 0 amide bonds. The number of hydrogen-bond donors (Lipinski definition) is 1. The van der Waals surface area contributed by atoms with Gasteiger partial charge in [0.15, 0.2) is 6.10 Å². The van der Waals surface area contributed by atoms with Crippen LogP contribution in [0.4, 0.5) is 0 Å². The minimum atomic E-state index is -1.41. The van der Waals surface area contributed by atoms with E-state index in [1.807, 2.05) is 0 Å². The molecule has 0 fully saturated rings. The first-order valence-electron chi connectivity index (χ1n) is 7.25. The van der Waals surface area contributed by atoms with E-state index in [1.54, 1.807) is 48.5 Å². The molecule has 0 saturated carbocycles. The molecule has 6 heteroatoms. The van der Waals surface area contributed by atoms with Gasteiger partial charge in [-0.1, -0.05) is 60.7 Å². The lowest BCUT2D eigenvalue weighted by Gasteiger charge is -2.11. The van der Waals surface area contributed by atoms with Gasteiger partial charge in [-0.2, -0.15) is 0 Å². The fraction of sp³-hybridized carbons (Fsp3) is 0.167. The van der Waals surface area contributed by atoms with Gasteiger partial charge >= 0.3 is 11.9 Å². The number of benzene rings is 2. The Balaban J connectivity index is 1.73. The molecule has 0 radical (unpaired) electrons. The maximum Gasteiger partial charge on any atom is 0.379 e. The molecule has 2 aromatic carbocycles. The molecule has 124 valence electrons. The van der Waals surface area contributed by atoms with Gasteiger partial charge in [0, 0.05) is 5.56 Å². The predicted molar refractivity (Wildman–Crippen MR) is 84.1 cm³/mol. The van der Waals surface area contributed by atoms with Gasteiger partial charge in [0.2, 0.25) is 0 Å². The minimum Gasteiger partial charge on any atom is -0.460 e. The van der Waals surface area contributed by atoms with Crippen LogP contribution in [0, 0.1) is 0 Å². The first kappa shape index (κ1) is 17.4. The molecular weight excluding hydrogens is 312 g/mol. The number of carbonyl (C=O) groups excluding carboxylic acids is 3. The highest BCUT2D eigenvalue weighted by atomic mass is 16.6. The van der Waals surface area contributed by atoms with Gasteiger partial charge in [0.05, 0.1) is 0 Å². The third-order valence-corrected chi connectivity index (χ3v) is 3.12. The average Bonchev–Trinajstić information content (AvgIpc) is 2.65. The van der Waals surface area contributed by atoms with Crippen LogP contribution in [0.1, 0.15) is 22.0 Å². The van der Waals surface area contributed by atoms with Gasteiger partial charge in [-0.3, -0.25) is 4.79 Å². The highest BCUT2D eigenvalue weighted by molar-refractivity contribution is 6.40. The molecule has 2 aromatic rings. The summed E-state index contributed by atoms with van der Waals surface area (Å²) in [5.74, 6) is -2.65. The molecule has 1 atom stereocenters. The highest BCUT2D eigenvalue weighted by Crippen LogP contribution is 2.13. The number of esters is 2. The van der Waals surface area contributed by atoms with Crippen LogP contribution in [0.25, 0.3) is 0 Å². The van der Waals surface area contributed by atoms with Crippen LogP contribution in [-0.4, -0.2) is 36.0 Å². The quantitative estimate of drug-likeness (QED) is 0.360. The molecule has 0 heterocycles. The first-order chi connectivity index (χ1) is 11.6. The Hall–Kier alpha value is -2.99. The molecule has 1 unspecified atom stereocenters. The lowest BCUT2D eigenvalue weighted by atomic mass is 10.1. The topological polar surface area (TPSA) is 89.9 Å². The smallest absolute Gasteiger partial charge is 0.379 e. The summed E-state index contributed by atoms with van der Waals surface area (Å²) >= 11 is 0. The standard InChI is InChI=1S/C18H16O6/c19-15(13-7-3-1-4-8-13)17(21)23-11-12-24-18(22)16(20)14-9-5-2-6-10-14/h1-10,15,19H,11-12H2. The minimum absolute atomic E-state index is 0.221. The second-order valence-corrected chi connectivity index (χ2v) is 4.81. The molecule has 0 spiro atoms. The van der Waals surface area contributed by atoms with Crippen LogP contribution in [0.5, 0.6) is 0 Å². The van der Waals surface area contributed by atoms with Crippen molar-refractivity contribution in [2.45, 2.75) is 6.10 Å². The number of carbonyl (C=O) groups is 3. The summed E-state index contributed by atoms with van der Waals surface area (Å²) in [5.41, 5.74) is 0.623. The molecule has 0 bridgehead atoms. The van der Waals surface area contributed by atoms with E-state index in [4.69, 9.17) is 9.47 Å². The molecule has 24 heavy (non-hydrogen) atoms. The average molecular weight is 328 g/mol. The Morgan fingerprint density at radius 3 is 2.00 bits per heavy atom. The maximum atomic E-state index is 11.7. The highest BCUT2D eigenvalue weighted by Gasteiger charge is 2.20. The van der Waals surface area contributed by atoms with Gasteiger partial charge in [-0.25, -0.2) is 9.59 Å². The van der Waals surface area contributed by atoms with Crippen LogP contribution < -0.4 is 0 Å². The number of Topliss-reactive ketones (excluding diaryl/α,β-unsaturated/α-hetero) is 1. The normalized spacial score (nSPS) is 11.4. The van der Waals surface area contributed by atoms with Crippen LogP contribution in [-0.2, 0) is 19.1 Å². The Labute approximate surface area is 138 Å². The SMILES string of the molecule is O=C(OCCOC(=O)C(O)c1ccccc1)C(=O)c1ccccc1. The molecule has 0 aliphatic heterocycles. The van der Waals surface area contributed by atoms with Crippen molar-refractivity contribution in [2.24, 2.45) is 0 Å². The zero-order chi connectivity index (χ0) is 17.4. The van der Waals surface area contributed by atoms with E-state index in [0.717, 1.165) is 0 Å². The number of hydrogen-bond acceptors (Lipinski definition) is 6. The molecule has 6 nitrogen and oxygen atoms in total. The van der Waals surface area contributed by atoms with Crippen molar-refractivity contribution in [1.29, 1.82) is 0 Å². The summed E-state index contributed by atoms with van der Waals surface area (Å²) in [7, 11) is 0. The Kier molecular flexibility index (Phi) is 6.22. The summed E-state index contributed by atoms with van der Waals surface area (Å²) in [6, 6.07) is 16.3. The summed E-state index contributed by atoms with van der Waals surface area (Å²) in [6.07, 6.45) is -1.41. The lowest BCUT2D eigenvalue weighted by molar-refractivity contribution is -0.157. The molecular formula is C18H16O6. The maximum absolute atomic E-state index is 11.7. The van der Waals surface area contributed by atoms with Crippen molar-refractivity contribution < 1.29 is 29.0 Å². The fourth-order valence-corrected chi connectivity index (χ4v) is 1.90. The molecule has 0 aromatic heterocycles. The van der Waals surface area contributed by atoms with Crippen molar-refractivity contribution in [1.82, 2.24) is 0 Å². The Bertz CT molecular complexity index is 696. The predicted octanol–water partition coefficient (Wildman–Crippen LogP) is 1.69. The second-order valence-electron chi connectivity index (χ2n) is 4.81. The van der Waals surface area contributed by atoms with Crippen molar-refractivity contribution in [3.8, 4) is 0 Å². The van der Waals surface area contributed by atoms with Crippen molar-refractivity contribution in [3.05, 3.63) is 71.8 Å². The molecule has 1 N–H and O–H groups in total. The van der Waals surface area contributed by atoms with E-state index < -0.39 is 23.8 Å². The van der Waals surface area contributed by atoms with Crippen molar-refractivity contribution in [2.75, 3.05) is 13.2 Å². The van der Waals surface area contributed by atoms with E-state index in [9.17, 15) is 19.5 Å². The number of ether oxygens (including phenoxy) is 2. The second kappa shape index (κ2) is 8.59. The largest absolute Gasteiger partial charge is 0.460 e. The van der Waals surface area contributed by atoms with E-state index in [-0.39, 0.29) is 18.8 Å². The monoisotopic (exact) mass is 328 g/mol. The number of aliphatic hydroxyl groups excluding tert-OH is 1. The molecule has 0 aliphatic rings. The number of ketones is 1. The van der Waals surface area contributed by atoms with Crippen LogP contribution in [0.3, 0.4) is 0 Å². The van der Waals surface area contributed by atoms with E-state index in [0.29, 0.717) is 5.56 Å². The summed E-state index contributed by atoms with van der Waals surface area (Å²) < 4.78 is 9.56. The summed E-state index contributed by atoms with van der Waals surface area (Å²) in [4.78, 5) is 35.0. The number of rotatable bonds is 7. The zero-order valence-corrected chi connectivity index (χ0v) is 12.8. The third-order valence-electron chi connectivity index (χ3n) is 3.12. The summed E-state index contributed by atoms with van der Waals surface area (Å²) in [6.45, 7) is -0.527. The van der Waals surface area contributed by atoms with Gasteiger partial charge in [-0.05, 0) is 5.56 Å². The Morgan fingerprint density at radius 1 is 0.833 bits per heavy atom. The zero-order valence-electron chi connectivity index (χ0n) is 12.8. The third kappa shape index (κ3) is 4.76. The van der Waals surface area contributed by atoms with E-state index in [2.05, 4.69) is 0 Å². The number of aliphatic hydroxyl groups is 1. The van der Waals surface area contributed by atoms with Crippen molar-refractivity contribution in [3.63, 3.8) is 0 Å². The first-order valence-corrected chi connectivity index (χ1v) is 7.25.